The van der Waals surface area contributed by atoms with Crippen molar-refractivity contribution >= 4 is 28.8 Å². The van der Waals surface area contributed by atoms with Crippen molar-refractivity contribution in [1.29, 1.82) is 0 Å². The van der Waals surface area contributed by atoms with Gasteiger partial charge in [-0.2, -0.15) is 15.1 Å². The predicted molar refractivity (Wildman–Crippen MR) is 61.2 cm³/mol. The number of nitrogens with two attached hydrogens (primary N) is 1. The number of aromatic nitrogens is 4. The molecule has 0 saturated carbocycles. The SMILES string of the molecule is COC(=O)C(C)Nc1nc(N)nc2[nH]ncc12. The molecule has 2 aromatic heterocycles. The Hall–Kier alpha value is -2.38. The number of hydrogen-bond acceptors (Lipinski definition) is 7. The highest BCUT2D eigenvalue weighted by atomic mass is 16.5. The number of nitrogens with zero attached hydrogens (tertiary/aromatic N) is 3. The molecule has 0 bridgehead atoms. The van der Waals surface area contributed by atoms with E-state index >= 15 is 0 Å². The van der Waals surface area contributed by atoms with E-state index in [1.165, 1.54) is 7.11 Å². The zero-order valence-corrected chi connectivity index (χ0v) is 9.39. The molecule has 0 spiro atoms. The molecule has 0 aliphatic rings. The molecule has 0 radical (unpaired) electrons. The van der Waals surface area contributed by atoms with E-state index < -0.39 is 6.04 Å². The van der Waals surface area contributed by atoms with Crippen molar-refractivity contribution in [3.8, 4) is 0 Å². The van der Waals surface area contributed by atoms with Gasteiger partial charge < -0.3 is 15.8 Å². The molecule has 90 valence electrons. The molecule has 0 aliphatic heterocycles. The smallest absolute Gasteiger partial charge is 0.328 e. The van der Waals surface area contributed by atoms with Crippen molar-refractivity contribution in [3.63, 3.8) is 0 Å². The van der Waals surface area contributed by atoms with Gasteiger partial charge in [0, 0.05) is 0 Å². The molecule has 0 aromatic carbocycles. The number of esters is 1. The topological polar surface area (TPSA) is 119 Å². The lowest BCUT2D eigenvalue weighted by Crippen LogP contribution is -2.27. The first-order valence-electron chi connectivity index (χ1n) is 4.92. The summed E-state index contributed by atoms with van der Waals surface area (Å²) in [6.45, 7) is 1.66. The van der Waals surface area contributed by atoms with Crippen molar-refractivity contribution in [3.05, 3.63) is 6.20 Å². The number of anilines is 2. The first-order chi connectivity index (χ1) is 8.11. The minimum atomic E-state index is -0.535. The van der Waals surface area contributed by atoms with Gasteiger partial charge in [0.05, 0.1) is 18.7 Å². The third-order valence-corrected chi connectivity index (χ3v) is 2.24. The van der Waals surface area contributed by atoms with Gasteiger partial charge in [-0.05, 0) is 6.92 Å². The summed E-state index contributed by atoms with van der Waals surface area (Å²) in [5.41, 5.74) is 6.05. The minimum absolute atomic E-state index is 0.0984. The number of carbonyl (C=O) groups is 1. The average Bonchev–Trinajstić information content (AvgIpc) is 2.75. The average molecular weight is 236 g/mol. The summed E-state index contributed by atoms with van der Waals surface area (Å²) < 4.78 is 4.61. The number of H-pyrrole nitrogens is 1. The van der Waals surface area contributed by atoms with Crippen molar-refractivity contribution in [1.82, 2.24) is 20.2 Å². The summed E-state index contributed by atoms with van der Waals surface area (Å²) >= 11 is 0. The van der Waals surface area contributed by atoms with Crippen molar-refractivity contribution in [2.75, 3.05) is 18.2 Å². The lowest BCUT2D eigenvalue weighted by molar-refractivity contribution is -0.141. The van der Waals surface area contributed by atoms with E-state index in [9.17, 15) is 4.79 Å². The largest absolute Gasteiger partial charge is 0.467 e. The Morgan fingerprint density at radius 3 is 3.06 bits per heavy atom. The predicted octanol–water partition coefficient (Wildman–Crippen LogP) is -0.0915. The van der Waals surface area contributed by atoms with E-state index in [1.54, 1.807) is 13.1 Å². The molecule has 8 nitrogen and oxygen atoms in total. The number of methoxy groups -OCH3 is 1. The number of rotatable bonds is 3. The Labute approximate surface area is 96.6 Å². The van der Waals surface area contributed by atoms with Crippen molar-refractivity contribution in [2.45, 2.75) is 13.0 Å². The second kappa shape index (κ2) is 4.24. The summed E-state index contributed by atoms with van der Waals surface area (Å²) in [5.74, 6) is 0.152. The van der Waals surface area contributed by atoms with Gasteiger partial charge >= 0.3 is 5.97 Å². The molecule has 0 amide bonds. The Bertz CT molecular complexity index is 551. The van der Waals surface area contributed by atoms with Gasteiger partial charge in [-0.15, -0.1) is 0 Å². The van der Waals surface area contributed by atoms with Crippen LogP contribution >= 0.6 is 0 Å². The summed E-state index contributed by atoms with van der Waals surface area (Å²) in [4.78, 5) is 19.3. The fourth-order valence-corrected chi connectivity index (χ4v) is 1.40. The van der Waals surface area contributed by atoms with Crippen molar-refractivity contribution in [2.24, 2.45) is 0 Å². The molecule has 0 saturated heterocycles. The monoisotopic (exact) mass is 236 g/mol. The fourth-order valence-electron chi connectivity index (χ4n) is 1.40. The number of fused-ring (bicyclic) bond motifs is 1. The van der Waals surface area contributed by atoms with Crippen LogP contribution in [0, 0.1) is 0 Å². The number of nitrogens with one attached hydrogen (secondary N) is 2. The Balaban J connectivity index is 2.34. The molecule has 4 N–H and O–H groups in total. The summed E-state index contributed by atoms with van der Waals surface area (Å²) in [7, 11) is 1.32. The number of carbonyl (C=O) groups excluding carboxylic acids is 1. The fraction of sp³-hybridized carbons (Fsp3) is 0.333. The van der Waals surface area contributed by atoms with Gasteiger partial charge in [0.25, 0.3) is 0 Å². The van der Waals surface area contributed by atoms with Crippen LogP contribution in [0.3, 0.4) is 0 Å². The van der Waals surface area contributed by atoms with Crippen LogP contribution in [-0.4, -0.2) is 39.3 Å². The maximum Gasteiger partial charge on any atom is 0.328 e. The second-order valence-corrected chi connectivity index (χ2v) is 3.45. The highest BCUT2D eigenvalue weighted by Crippen LogP contribution is 2.19. The van der Waals surface area contributed by atoms with Crippen LogP contribution in [-0.2, 0) is 9.53 Å². The van der Waals surface area contributed by atoms with E-state index in [0.29, 0.717) is 16.9 Å². The van der Waals surface area contributed by atoms with Crippen molar-refractivity contribution < 1.29 is 9.53 Å². The van der Waals surface area contributed by atoms with Crippen LogP contribution < -0.4 is 11.1 Å². The van der Waals surface area contributed by atoms with Crippen LogP contribution in [0.5, 0.6) is 0 Å². The van der Waals surface area contributed by atoms with E-state index in [1.807, 2.05) is 0 Å². The van der Waals surface area contributed by atoms with Crippen LogP contribution in [0.4, 0.5) is 11.8 Å². The van der Waals surface area contributed by atoms with Crippen LogP contribution in [0.25, 0.3) is 11.0 Å². The molecule has 0 aliphatic carbocycles. The third-order valence-electron chi connectivity index (χ3n) is 2.24. The number of hydrogen-bond donors (Lipinski definition) is 3. The summed E-state index contributed by atoms with van der Waals surface area (Å²) in [6, 6.07) is -0.535. The number of nitrogen functional groups attached to an aromatic ring is 1. The van der Waals surface area contributed by atoms with E-state index in [2.05, 4.69) is 30.2 Å². The van der Waals surface area contributed by atoms with E-state index in [4.69, 9.17) is 5.73 Å². The Kier molecular flexibility index (Phi) is 2.77. The molecule has 8 heteroatoms. The maximum atomic E-state index is 11.3. The lowest BCUT2D eigenvalue weighted by Gasteiger charge is -2.12. The Morgan fingerprint density at radius 2 is 2.35 bits per heavy atom. The molecule has 1 unspecified atom stereocenters. The number of ether oxygens (including phenoxy) is 1. The van der Waals surface area contributed by atoms with Gasteiger partial charge in [-0.25, -0.2) is 4.79 Å². The number of aromatic amines is 1. The molecule has 17 heavy (non-hydrogen) atoms. The lowest BCUT2D eigenvalue weighted by atomic mass is 10.3. The standard InChI is InChI=1S/C9H12N6O2/c1-4(8(16)17-2)12-6-5-3-11-15-7(5)14-9(10)13-6/h3-4H,1-2H3,(H4,10,11,12,13,14,15). The molecule has 2 heterocycles. The maximum absolute atomic E-state index is 11.3. The normalized spacial score (nSPS) is 12.4. The second-order valence-electron chi connectivity index (χ2n) is 3.45. The van der Waals surface area contributed by atoms with Crippen LogP contribution in [0.15, 0.2) is 6.20 Å². The van der Waals surface area contributed by atoms with E-state index in [0.717, 1.165) is 0 Å². The van der Waals surface area contributed by atoms with Crippen LogP contribution in [0.1, 0.15) is 6.92 Å². The summed E-state index contributed by atoms with van der Waals surface area (Å²) in [6.07, 6.45) is 1.56. The summed E-state index contributed by atoms with van der Waals surface area (Å²) in [5, 5.41) is 10.1. The first-order valence-corrected chi connectivity index (χ1v) is 4.92. The molecular formula is C9H12N6O2. The molecular weight excluding hydrogens is 224 g/mol. The zero-order chi connectivity index (χ0) is 12.4. The third kappa shape index (κ3) is 2.10. The van der Waals surface area contributed by atoms with Crippen LogP contribution in [0.2, 0.25) is 0 Å². The first kappa shape index (κ1) is 11.1. The molecule has 2 aromatic rings. The molecule has 2 rings (SSSR count). The zero-order valence-electron chi connectivity index (χ0n) is 9.39. The van der Waals surface area contributed by atoms with Gasteiger partial charge in [0.15, 0.2) is 5.65 Å². The van der Waals surface area contributed by atoms with Gasteiger partial charge in [0.2, 0.25) is 5.95 Å². The van der Waals surface area contributed by atoms with Gasteiger partial charge in [-0.3, -0.25) is 5.10 Å². The minimum Gasteiger partial charge on any atom is -0.467 e. The quantitative estimate of drug-likeness (QED) is 0.637. The molecule has 0 fully saturated rings. The van der Waals surface area contributed by atoms with E-state index in [-0.39, 0.29) is 11.9 Å². The van der Waals surface area contributed by atoms with Gasteiger partial charge in [-0.1, -0.05) is 0 Å². The highest BCUT2D eigenvalue weighted by Gasteiger charge is 2.16. The Morgan fingerprint density at radius 1 is 1.59 bits per heavy atom. The highest BCUT2D eigenvalue weighted by molar-refractivity contribution is 5.89. The van der Waals surface area contributed by atoms with Gasteiger partial charge in [0.1, 0.15) is 11.9 Å². The molecule has 1 atom stereocenters.